The molecule has 0 aliphatic rings. The van der Waals surface area contributed by atoms with Crippen LogP contribution in [0.2, 0.25) is 5.02 Å². The molecular formula is C21H20ClN3O5S. The summed E-state index contributed by atoms with van der Waals surface area (Å²) in [6.45, 7) is 0.00798. The van der Waals surface area contributed by atoms with Crippen molar-refractivity contribution < 1.29 is 22.4 Å². The van der Waals surface area contributed by atoms with Crippen molar-refractivity contribution in [3.8, 4) is 0 Å². The summed E-state index contributed by atoms with van der Waals surface area (Å²) in [4.78, 5) is 25.9. The van der Waals surface area contributed by atoms with Crippen LogP contribution in [-0.2, 0) is 21.4 Å². The molecule has 1 aromatic heterocycles. The van der Waals surface area contributed by atoms with Crippen LogP contribution in [0.25, 0.3) is 0 Å². The molecule has 3 rings (SSSR count). The maximum absolute atomic E-state index is 12.7. The summed E-state index contributed by atoms with van der Waals surface area (Å²) in [6.07, 6.45) is 1.50. The van der Waals surface area contributed by atoms with Gasteiger partial charge in [0.25, 0.3) is 15.9 Å². The number of amides is 2. The van der Waals surface area contributed by atoms with E-state index in [0.29, 0.717) is 16.5 Å². The van der Waals surface area contributed by atoms with Crippen LogP contribution < -0.4 is 10.0 Å². The molecular weight excluding hydrogens is 442 g/mol. The Morgan fingerprint density at radius 2 is 1.84 bits per heavy atom. The van der Waals surface area contributed by atoms with Gasteiger partial charge in [0.1, 0.15) is 5.76 Å². The number of carbonyl (C=O) groups is 2. The molecule has 0 saturated heterocycles. The van der Waals surface area contributed by atoms with Crippen LogP contribution in [-0.4, -0.2) is 38.7 Å². The lowest BCUT2D eigenvalue weighted by molar-refractivity contribution is -0.121. The molecule has 31 heavy (non-hydrogen) atoms. The molecule has 0 radical (unpaired) electrons. The molecule has 162 valence electrons. The number of carbonyl (C=O) groups excluding carboxylic acids is 2. The van der Waals surface area contributed by atoms with Crippen LogP contribution >= 0.6 is 11.6 Å². The van der Waals surface area contributed by atoms with Gasteiger partial charge in [-0.25, -0.2) is 8.42 Å². The molecule has 2 aromatic carbocycles. The summed E-state index contributed by atoms with van der Waals surface area (Å²) in [5.41, 5.74) is 0.435. The fourth-order valence-corrected chi connectivity index (χ4v) is 4.01. The number of nitrogens with zero attached hydrogens (tertiary/aromatic N) is 1. The monoisotopic (exact) mass is 461 g/mol. The minimum Gasteiger partial charge on any atom is -0.467 e. The second kappa shape index (κ2) is 9.67. The minimum atomic E-state index is -3.94. The summed E-state index contributed by atoms with van der Waals surface area (Å²) in [5.74, 6) is -0.279. The van der Waals surface area contributed by atoms with Gasteiger partial charge >= 0.3 is 0 Å². The second-order valence-electron chi connectivity index (χ2n) is 6.66. The third-order valence-electron chi connectivity index (χ3n) is 4.24. The van der Waals surface area contributed by atoms with E-state index in [2.05, 4.69) is 10.0 Å². The molecule has 1 heterocycles. The first kappa shape index (κ1) is 22.4. The van der Waals surface area contributed by atoms with Crippen molar-refractivity contribution in [2.45, 2.75) is 11.4 Å². The minimum absolute atomic E-state index is 0.0889. The molecule has 0 bridgehead atoms. The van der Waals surface area contributed by atoms with Crippen molar-refractivity contribution in [3.05, 3.63) is 83.3 Å². The van der Waals surface area contributed by atoms with Gasteiger partial charge in [-0.3, -0.25) is 14.3 Å². The number of benzene rings is 2. The summed E-state index contributed by atoms with van der Waals surface area (Å²) in [7, 11) is -2.48. The van der Waals surface area contributed by atoms with Gasteiger partial charge in [-0.2, -0.15) is 0 Å². The van der Waals surface area contributed by atoms with Gasteiger partial charge in [0, 0.05) is 17.6 Å². The van der Waals surface area contributed by atoms with Crippen LogP contribution in [0.5, 0.6) is 0 Å². The Bertz CT molecular complexity index is 1180. The lowest BCUT2D eigenvalue weighted by atomic mass is 10.2. The number of sulfonamides is 1. The zero-order valence-electron chi connectivity index (χ0n) is 16.5. The van der Waals surface area contributed by atoms with E-state index in [1.165, 1.54) is 48.5 Å². The van der Waals surface area contributed by atoms with Crippen LogP contribution in [0.1, 0.15) is 16.1 Å². The number of halogens is 1. The van der Waals surface area contributed by atoms with E-state index in [9.17, 15) is 18.0 Å². The number of hydrogen-bond donors (Lipinski definition) is 2. The fourth-order valence-electron chi connectivity index (χ4n) is 2.72. The summed E-state index contributed by atoms with van der Waals surface area (Å²) in [6, 6.07) is 15.3. The average Bonchev–Trinajstić information content (AvgIpc) is 3.25. The Kier molecular flexibility index (Phi) is 6.98. The van der Waals surface area contributed by atoms with Gasteiger partial charge in [0.2, 0.25) is 5.91 Å². The topological polar surface area (TPSA) is 109 Å². The van der Waals surface area contributed by atoms with Gasteiger partial charge in [-0.05, 0) is 48.5 Å². The zero-order valence-corrected chi connectivity index (χ0v) is 18.1. The molecule has 0 spiro atoms. The predicted octanol–water partition coefficient (Wildman–Crippen LogP) is 3.12. The smallest absolute Gasteiger partial charge is 0.261 e. The van der Waals surface area contributed by atoms with Crippen molar-refractivity contribution in [1.82, 2.24) is 10.2 Å². The SMILES string of the molecule is CN(CC(=O)NCc1ccco1)C(=O)c1cccc(S(=O)(=O)Nc2cccc(Cl)c2)c1. The van der Waals surface area contributed by atoms with E-state index < -0.39 is 15.9 Å². The molecule has 10 heteroatoms. The van der Waals surface area contributed by atoms with Crippen LogP contribution in [0, 0.1) is 0 Å². The third-order valence-corrected chi connectivity index (χ3v) is 5.85. The number of hydrogen-bond acceptors (Lipinski definition) is 5. The Balaban J connectivity index is 1.66. The lowest BCUT2D eigenvalue weighted by Gasteiger charge is -2.17. The first-order chi connectivity index (χ1) is 14.7. The van der Waals surface area contributed by atoms with Gasteiger partial charge in [-0.1, -0.05) is 23.7 Å². The largest absolute Gasteiger partial charge is 0.467 e. The Morgan fingerprint density at radius 1 is 1.06 bits per heavy atom. The number of furan rings is 1. The van der Waals surface area contributed by atoms with Crippen LogP contribution in [0.4, 0.5) is 5.69 Å². The molecule has 0 atom stereocenters. The standard InChI is InChI=1S/C21H20ClN3O5S/c1-25(14-20(26)23-13-18-8-4-10-30-18)21(27)15-5-2-9-19(11-15)31(28,29)24-17-7-3-6-16(22)12-17/h2-12,24H,13-14H2,1H3,(H,23,26). The van der Waals surface area contributed by atoms with E-state index in [0.717, 1.165) is 0 Å². The number of rotatable bonds is 8. The molecule has 2 N–H and O–H groups in total. The molecule has 0 fully saturated rings. The quantitative estimate of drug-likeness (QED) is 0.535. The van der Waals surface area contributed by atoms with E-state index in [1.54, 1.807) is 30.3 Å². The van der Waals surface area contributed by atoms with Crippen molar-refractivity contribution >= 4 is 39.1 Å². The molecule has 2 amide bonds. The van der Waals surface area contributed by atoms with Crippen molar-refractivity contribution in [1.29, 1.82) is 0 Å². The van der Waals surface area contributed by atoms with Crippen LogP contribution in [0.3, 0.4) is 0 Å². The lowest BCUT2D eigenvalue weighted by Crippen LogP contribution is -2.38. The zero-order chi connectivity index (χ0) is 22.4. The molecule has 0 aliphatic carbocycles. The molecule has 0 aliphatic heterocycles. The average molecular weight is 462 g/mol. The highest BCUT2D eigenvalue weighted by Crippen LogP contribution is 2.20. The summed E-state index contributed by atoms with van der Waals surface area (Å²) >= 11 is 5.89. The van der Waals surface area contributed by atoms with Gasteiger partial charge in [0.05, 0.1) is 29.9 Å². The maximum Gasteiger partial charge on any atom is 0.261 e. The summed E-state index contributed by atoms with van der Waals surface area (Å²) < 4.78 is 32.9. The predicted molar refractivity (Wildman–Crippen MR) is 116 cm³/mol. The summed E-state index contributed by atoms with van der Waals surface area (Å²) in [5, 5.41) is 3.03. The Hall–Kier alpha value is -3.30. The van der Waals surface area contributed by atoms with E-state index >= 15 is 0 Å². The first-order valence-electron chi connectivity index (χ1n) is 9.17. The van der Waals surface area contributed by atoms with E-state index in [4.69, 9.17) is 16.0 Å². The number of anilines is 1. The maximum atomic E-state index is 12.7. The highest BCUT2D eigenvalue weighted by atomic mass is 35.5. The second-order valence-corrected chi connectivity index (χ2v) is 8.78. The highest BCUT2D eigenvalue weighted by Gasteiger charge is 2.19. The van der Waals surface area contributed by atoms with Gasteiger partial charge in [0.15, 0.2) is 0 Å². The van der Waals surface area contributed by atoms with Crippen molar-refractivity contribution in [2.24, 2.45) is 0 Å². The van der Waals surface area contributed by atoms with Crippen molar-refractivity contribution in [3.63, 3.8) is 0 Å². The molecule has 3 aromatic rings. The first-order valence-corrected chi connectivity index (χ1v) is 11.0. The number of nitrogens with one attached hydrogen (secondary N) is 2. The highest BCUT2D eigenvalue weighted by molar-refractivity contribution is 7.92. The van der Waals surface area contributed by atoms with E-state index in [-0.39, 0.29) is 29.5 Å². The normalized spacial score (nSPS) is 11.0. The van der Waals surface area contributed by atoms with Crippen LogP contribution in [0.15, 0.2) is 76.2 Å². The molecule has 0 saturated carbocycles. The fraction of sp³-hybridized carbons (Fsp3) is 0.143. The molecule has 8 nitrogen and oxygen atoms in total. The number of likely N-dealkylation sites (N-methyl/N-ethyl adjacent to an activating group) is 1. The van der Waals surface area contributed by atoms with E-state index in [1.807, 2.05) is 0 Å². The van der Waals surface area contributed by atoms with Gasteiger partial charge < -0.3 is 14.6 Å². The Labute approximate surface area is 184 Å². The third kappa shape index (κ3) is 6.09. The van der Waals surface area contributed by atoms with Gasteiger partial charge in [-0.15, -0.1) is 0 Å². The van der Waals surface area contributed by atoms with Crippen molar-refractivity contribution in [2.75, 3.05) is 18.3 Å². The molecule has 0 unspecified atom stereocenters. The Morgan fingerprint density at radius 3 is 2.55 bits per heavy atom.